The molecule has 0 spiro atoms. The SMILES string of the molecule is CC(=O)C1(CN2CCC(c3cc(C)no3)CC2)CCC1. The van der Waals surface area contributed by atoms with E-state index in [9.17, 15) is 4.79 Å². The molecule has 2 aliphatic rings. The second-order valence-electron chi connectivity index (χ2n) is 6.61. The number of piperidine rings is 1. The number of nitrogens with zero attached hydrogens (tertiary/aromatic N) is 2. The van der Waals surface area contributed by atoms with E-state index in [0.717, 1.165) is 56.8 Å². The van der Waals surface area contributed by atoms with Gasteiger partial charge in [0.05, 0.1) is 5.69 Å². The van der Waals surface area contributed by atoms with E-state index in [2.05, 4.69) is 16.1 Å². The van der Waals surface area contributed by atoms with Crippen molar-refractivity contribution in [3.05, 3.63) is 17.5 Å². The maximum atomic E-state index is 11.9. The lowest BCUT2D eigenvalue weighted by atomic mass is 9.66. The highest BCUT2D eigenvalue weighted by atomic mass is 16.5. The van der Waals surface area contributed by atoms with Crippen molar-refractivity contribution in [3.63, 3.8) is 0 Å². The fraction of sp³-hybridized carbons (Fsp3) is 0.750. The molecule has 0 bridgehead atoms. The normalized spacial score (nSPS) is 23.5. The molecule has 1 aliphatic heterocycles. The smallest absolute Gasteiger partial charge is 0.140 e. The monoisotopic (exact) mass is 276 g/mol. The Bertz CT molecular complexity index is 482. The van der Waals surface area contributed by atoms with Gasteiger partial charge in [0, 0.05) is 23.9 Å². The van der Waals surface area contributed by atoms with Gasteiger partial charge >= 0.3 is 0 Å². The summed E-state index contributed by atoms with van der Waals surface area (Å²) in [4.78, 5) is 14.3. The summed E-state index contributed by atoms with van der Waals surface area (Å²) < 4.78 is 5.39. The van der Waals surface area contributed by atoms with Crippen molar-refractivity contribution in [1.29, 1.82) is 0 Å². The first-order chi connectivity index (χ1) is 9.59. The molecule has 4 nitrogen and oxygen atoms in total. The lowest BCUT2D eigenvalue weighted by Crippen LogP contribution is -2.48. The van der Waals surface area contributed by atoms with Crippen LogP contribution in [0, 0.1) is 12.3 Å². The van der Waals surface area contributed by atoms with Crippen LogP contribution in [0.2, 0.25) is 0 Å². The van der Waals surface area contributed by atoms with E-state index in [1.165, 1.54) is 6.42 Å². The number of carbonyl (C=O) groups is 1. The van der Waals surface area contributed by atoms with Gasteiger partial charge in [0.15, 0.2) is 0 Å². The molecule has 1 aromatic rings. The van der Waals surface area contributed by atoms with Crippen molar-refractivity contribution in [3.8, 4) is 0 Å². The Morgan fingerprint density at radius 3 is 2.60 bits per heavy atom. The summed E-state index contributed by atoms with van der Waals surface area (Å²) in [6, 6.07) is 2.06. The highest BCUT2D eigenvalue weighted by molar-refractivity contribution is 5.83. The summed E-state index contributed by atoms with van der Waals surface area (Å²) in [6.07, 6.45) is 5.62. The largest absolute Gasteiger partial charge is 0.361 e. The van der Waals surface area contributed by atoms with Gasteiger partial charge in [0.25, 0.3) is 0 Å². The number of Topliss-reactive ketones (excluding diaryl/α,β-unsaturated/α-hetero) is 1. The molecule has 0 amide bonds. The first-order valence-corrected chi connectivity index (χ1v) is 7.76. The van der Waals surface area contributed by atoms with Crippen molar-refractivity contribution in [1.82, 2.24) is 10.1 Å². The average molecular weight is 276 g/mol. The van der Waals surface area contributed by atoms with E-state index in [1.807, 2.05) is 6.92 Å². The van der Waals surface area contributed by atoms with Crippen LogP contribution in [-0.2, 0) is 4.79 Å². The topological polar surface area (TPSA) is 46.3 Å². The maximum Gasteiger partial charge on any atom is 0.140 e. The summed E-state index contributed by atoms with van der Waals surface area (Å²) in [6.45, 7) is 6.84. The van der Waals surface area contributed by atoms with Crippen LogP contribution in [0.5, 0.6) is 0 Å². The van der Waals surface area contributed by atoms with Gasteiger partial charge < -0.3 is 9.42 Å². The van der Waals surface area contributed by atoms with Crippen LogP contribution < -0.4 is 0 Å². The lowest BCUT2D eigenvalue weighted by molar-refractivity contribution is -0.133. The molecule has 3 rings (SSSR count). The lowest BCUT2D eigenvalue weighted by Gasteiger charge is -2.44. The van der Waals surface area contributed by atoms with Crippen molar-refractivity contribution in [2.75, 3.05) is 19.6 Å². The molecule has 2 heterocycles. The maximum absolute atomic E-state index is 11.9. The van der Waals surface area contributed by atoms with Crippen LogP contribution in [-0.4, -0.2) is 35.5 Å². The molecule has 0 atom stereocenters. The number of likely N-dealkylation sites (tertiary alicyclic amines) is 1. The van der Waals surface area contributed by atoms with E-state index >= 15 is 0 Å². The van der Waals surface area contributed by atoms with Gasteiger partial charge in [-0.2, -0.15) is 0 Å². The highest BCUT2D eigenvalue weighted by Gasteiger charge is 2.43. The summed E-state index contributed by atoms with van der Waals surface area (Å²) >= 11 is 0. The molecule has 20 heavy (non-hydrogen) atoms. The minimum atomic E-state index is -0.0182. The minimum Gasteiger partial charge on any atom is -0.361 e. The zero-order valence-corrected chi connectivity index (χ0v) is 12.5. The molecular weight excluding hydrogens is 252 g/mol. The number of aromatic nitrogens is 1. The fourth-order valence-corrected chi connectivity index (χ4v) is 3.60. The molecule has 1 saturated heterocycles. The molecule has 1 saturated carbocycles. The van der Waals surface area contributed by atoms with Crippen LogP contribution in [0.1, 0.15) is 56.4 Å². The van der Waals surface area contributed by atoms with E-state index in [0.29, 0.717) is 11.7 Å². The zero-order valence-electron chi connectivity index (χ0n) is 12.5. The molecule has 2 fully saturated rings. The van der Waals surface area contributed by atoms with Gasteiger partial charge in [-0.25, -0.2) is 0 Å². The van der Waals surface area contributed by atoms with E-state index in [4.69, 9.17) is 4.52 Å². The third-order valence-electron chi connectivity index (χ3n) is 5.22. The first kappa shape index (κ1) is 13.8. The molecule has 1 aliphatic carbocycles. The Hall–Kier alpha value is -1.16. The van der Waals surface area contributed by atoms with Crippen molar-refractivity contribution in [2.45, 2.75) is 51.9 Å². The van der Waals surface area contributed by atoms with Crippen LogP contribution in [0.4, 0.5) is 0 Å². The van der Waals surface area contributed by atoms with E-state index < -0.39 is 0 Å². The summed E-state index contributed by atoms with van der Waals surface area (Å²) in [5, 5.41) is 3.98. The van der Waals surface area contributed by atoms with E-state index in [1.54, 1.807) is 6.92 Å². The van der Waals surface area contributed by atoms with E-state index in [-0.39, 0.29) is 5.41 Å². The molecule has 0 unspecified atom stereocenters. The number of aryl methyl sites for hydroxylation is 1. The van der Waals surface area contributed by atoms with Gasteiger partial charge in [-0.1, -0.05) is 11.6 Å². The minimum absolute atomic E-state index is 0.0182. The number of hydrogen-bond acceptors (Lipinski definition) is 4. The number of rotatable bonds is 4. The van der Waals surface area contributed by atoms with Gasteiger partial charge in [-0.3, -0.25) is 4.79 Å². The Morgan fingerprint density at radius 2 is 2.15 bits per heavy atom. The van der Waals surface area contributed by atoms with Gasteiger partial charge in [-0.15, -0.1) is 0 Å². The fourth-order valence-electron chi connectivity index (χ4n) is 3.60. The summed E-state index contributed by atoms with van der Waals surface area (Å²) in [7, 11) is 0. The van der Waals surface area contributed by atoms with Crippen molar-refractivity contribution in [2.24, 2.45) is 5.41 Å². The van der Waals surface area contributed by atoms with Crippen LogP contribution in [0.15, 0.2) is 10.6 Å². The third-order valence-corrected chi connectivity index (χ3v) is 5.22. The molecule has 110 valence electrons. The molecule has 1 aromatic heterocycles. The Morgan fingerprint density at radius 1 is 1.45 bits per heavy atom. The zero-order chi connectivity index (χ0) is 14.2. The van der Waals surface area contributed by atoms with Gasteiger partial charge in [0.2, 0.25) is 0 Å². The Labute approximate surface area is 120 Å². The predicted molar refractivity (Wildman–Crippen MR) is 76.6 cm³/mol. The second-order valence-corrected chi connectivity index (χ2v) is 6.61. The Kier molecular flexibility index (Phi) is 3.67. The predicted octanol–water partition coefficient (Wildman–Crippen LogP) is 2.92. The molecular formula is C16H24N2O2. The standard InChI is InChI=1S/C16H24N2O2/c1-12-10-15(20-17-12)14-4-8-18(9-5-14)11-16(13(2)19)6-3-7-16/h10,14H,3-9,11H2,1-2H3. The average Bonchev–Trinajstić information content (AvgIpc) is 2.81. The number of carbonyl (C=O) groups excluding carboxylic acids is 1. The first-order valence-electron chi connectivity index (χ1n) is 7.76. The molecule has 0 N–H and O–H groups in total. The third kappa shape index (κ3) is 2.53. The molecule has 4 heteroatoms. The van der Waals surface area contributed by atoms with Crippen molar-refractivity contribution < 1.29 is 9.32 Å². The molecule has 0 aromatic carbocycles. The van der Waals surface area contributed by atoms with Gasteiger partial charge in [0.1, 0.15) is 11.5 Å². The second kappa shape index (κ2) is 5.32. The number of hydrogen-bond donors (Lipinski definition) is 0. The summed E-state index contributed by atoms with van der Waals surface area (Å²) in [5.41, 5.74) is 0.947. The molecule has 0 radical (unpaired) electrons. The van der Waals surface area contributed by atoms with Crippen LogP contribution >= 0.6 is 0 Å². The summed E-state index contributed by atoms with van der Waals surface area (Å²) in [5.74, 6) is 1.92. The number of ketones is 1. The Balaban J connectivity index is 1.55. The van der Waals surface area contributed by atoms with Gasteiger partial charge in [-0.05, 0) is 52.6 Å². The quantitative estimate of drug-likeness (QED) is 0.848. The van der Waals surface area contributed by atoms with Crippen molar-refractivity contribution >= 4 is 5.78 Å². The highest BCUT2D eigenvalue weighted by Crippen LogP contribution is 2.43. The van der Waals surface area contributed by atoms with Crippen LogP contribution in [0.3, 0.4) is 0 Å². The van der Waals surface area contributed by atoms with Crippen LogP contribution in [0.25, 0.3) is 0 Å².